The monoisotopic (exact) mass is 212 g/mol. The predicted molar refractivity (Wildman–Crippen MR) is 59.7 cm³/mol. The highest BCUT2D eigenvalue weighted by atomic mass is 32.1. The number of nitrogens with one attached hydrogen (secondary N) is 1. The highest BCUT2D eigenvalue weighted by Crippen LogP contribution is 2.16. The van der Waals surface area contributed by atoms with Crippen LogP contribution >= 0.6 is 11.3 Å². The van der Waals surface area contributed by atoms with Gasteiger partial charge in [-0.1, -0.05) is 6.92 Å². The van der Waals surface area contributed by atoms with Crippen LogP contribution in [-0.2, 0) is 6.42 Å². The van der Waals surface area contributed by atoms with Crippen LogP contribution in [0.3, 0.4) is 0 Å². The number of thiophene rings is 1. The average Bonchev–Trinajstić information content (AvgIpc) is 2.61. The summed E-state index contributed by atoms with van der Waals surface area (Å²) in [5, 5.41) is 4.75. The first-order valence-corrected chi connectivity index (χ1v) is 5.63. The average molecular weight is 212 g/mol. The van der Waals surface area contributed by atoms with Crippen molar-refractivity contribution in [3.63, 3.8) is 0 Å². The smallest absolute Gasteiger partial charge is 0.261 e. The normalized spacial score (nSPS) is 12.5. The van der Waals surface area contributed by atoms with Crippen LogP contribution in [0.4, 0.5) is 0 Å². The second-order valence-electron chi connectivity index (χ2n) is 3.32. The third-order valence-corrected chi connectivity index (χ3v) is 2.87. The zero-order chi connectivity index (χ0) is 10.6. The van der Waals surface area contributed by atoms with Gasteiger partial charge in [0.15, 0.2) is 0 Å². The molecule has 0 radical (unpaired) electrons. The van der Waals surface area contributed by atoms with Crippen molar-refractivity contribution in [1.82, 2.24) is 5.32 Å². The van der Waals surface area contributed by atoms with Crippen molar-refractivity contribution < 1.29 is 4.79 Å². The minimum absolute atomic E-state index is 0.00369. The van der Waals surface area contributed by atoms with Crippen LogP contribution in [0.15, 0.2) is 11.4 Å². The Morgan fingerprint density at radius 1 is 1.71 bits per heavy atom. The number of hydrogen-bond donors (Lipinski definition) is 2. The first-order valence-electron chi connectivity index (χ1n) is 4.75. The van der Waals surface area contributed by atoms with E-state index in [1.807, 2.05) is 25.3 Å². The Hall–Kier alpha value is -0.870. The van der Waals surface area contributed by atoms with E-state index in [9.17, 15) is 4.79 Å². The molecule has 0 bridgehead atoms. The molecule has 78 valence electrons. The fourth-order valence-electron chi connectivity index (χ4n) is 1.15. The topological polar surface area (TPSA) is 55.1 Å². The van der Waals surface area contributed by atoms with Gasteiger partial charge in [-0.15, -0.1) is 11.3 Å². The van der Waals surface area contributed by atoms with Gasteiger partial charge in [0.2, 0.25) is 0 Å². The number of carbonyl (C=O) groups excluding carboxylic acids is 1. The molecule has 1 aromatic heterocycles. The van der Waals surface area contributed by atoms with Crippen LogP contribution < -0.4 is 11.1 Å². The Bertz CT molecular complexity index is 307. The van der Waals surface area contributed by atoms with Crippen LogP contribution in [0.2, 0.25) is 0 Å². The first-order chi connectivity index (χ1) is 6.65. The van der Waals surface area contributed by atoms with Gasteiger partial charge in [-0.05, 0) is 30.4 Å². The van der Waals surface area contributed by atoms with Crippen LogP contribution in [0.5, 0.6) is 0 Å². The molecule has 0 saturated carbocycles. The highest BCUT2D eigenvalue weighted by Gasteiger charge is 2.11. The molecule has 1 amide bonds. The molecule has 3 N–H and O–H groups in total. The number of amides is 1. The molecule has 1 unspecified atom stereocenters. The summed E-state index contributed by atoms with van der Waals surface area (Å²) in [7, 11) is 0. The van der Waals surface area contributed by atoms with Gasteiger partial charge in [0.25, 0.3) is 5.91 Å². The van der Waals surface area contributed by atoms with E-state index in [0.29, 0.717) is 6.54 Å². The van der Waals surface area contributed by atoms with Crippen molar-refractivity contribution in [3.05, 3.63) is 21.9 Å². The lowest BCUT2D eigenvalue weighted by molar-refractivity contribution is 0.0955. The van der Waals surface area contributed by atoms with Crippen LogP contribution in [0, 0.1) is 0 Å². The molecule has 0 spiro atoms. The van der Waals surface area contributed by atoms with Crippen LogP contribution in [0.25, 0.3) is 0 Å². The van der Waals surface area contributed by atoms with Crippen molar-refractivity contribution in [2.24, 2.45) is 5.73 Å². The third-order valence-electron chi connectivity index (χ3n) is 1.92. The second kappa shape index (κ2) is 5.12. The van der Waals surface area contributed by atoms with Gasteiger partial charge in [-0.2, -0.15) is 0 Å². The molecule has 0 aliphatic carbocycles. The summed E-state index contributed by atoms with van der Waals surface area (Å²) in [4.78, 5) is 12.4. The lowest BCUT2D eigenvalue weighted by Gasteiger charge is -2.07. The van der Waals surface area contributed by atoms with Gasteiger partial charge in [0, 0.05) is 12.6 Å². The van der Waals surface area contributed by atoms with Gasteiger partial charge in [0.1, 0.15) is 0 Å². The fourth-order valence-corrected chi connectivity index (χ4v) is 2.06. The summed E-state index contributed by atoms with van der Waals surface area (Å²) in [5.74, 6) is -0.00542. The molecule has 3 nitrogen and oxygen atoms in total. The van der Waals surface area contributed by atoms with E-state index in [0.717, 1.165) is 16.9 Å². The molecule has 0 fully saturated rings. The lowest BCUT2D eigenvalue weighted by atomic mass is 10.2. The summed E-state index contributed by atoms with van der Waals surface area (Å²) in [5.41, 5.74) is 6.66. The Kier molecular flexibility index (Phi) is 4.10. The fraction of sp³-hybridized carbons (Fsp3) is 0.500. The number of rotatable bonds is 4. The number of carbonyl (C=O) groups is 1. The molecule has 1 rings (SSSR count). The molecule has 1 heterocycles. The molecule has 0 aromatic carbocycles. The van der Waals surface area contributed by atoms with E-state index in [1.165, 1.54) is 11.3 Å². The quantitative estimate of drug-likeness (QED) is 0.792. The summed E-state index contributed by atoms with van der Waals surface area (Å²) in [6, 6.07) is 2.00. The Morgan fingerprint density at radius 3 is 3.00 bits per heavy atom. The molecular formula is C10H16N2OS. The maximum Gasteiger partial charge on any atom is 0.261 e. The Morgan fingerprint density at radius 2 is 2.43 bits per heavy atom. The molecule has 0 saturated heterocycles. The SMILES string of the molecule is CCc1ccsc1C(=O)NCC(C)N. The van der Waals surface area contributed by atoms with E-state index in [4.69, 9.17) is 5.73 Å². The summed E-state index contributed by atoms with van der Waals surface area (Å²) in [6.07, 6.45) is 0.893. The molecular weight excluding hydrogens is 196 g/mol. The van der Waals surface area contributed by atoms with E-state index < -0.39 is 0 Å². The molecule has 14 heavy (non-hydrogen) atoms. The first kappa shape index (κ1) is 11.2. The minimum Gasteiger partial charge on any atom is -0.350 e. The number of aryl methyl sites for hydroxylation is 1. The van der Waals surface area contributed by atoms with Crippen molar-refractivity contribution in [2.45, 2.75) is 26.3 Å². The van der Waals surface area contributed by atoms with E-state index in [-0.39, 0.29) is 11.9 Å². The van der Waals surface area contributed by atoms with Gasteiger partial charge in [-0.3, -0.25) is 4.79 Å². The van der Waals surface area contributed by atoms with Crippen LogP contribution in [0.1, 0.15) is 29.1 Å². The van der Waals surface area contributed by atoms with Gasteiger partial charge >= 0.3 is 0 Å². The van der Waals surface area contributed by atoms with E-state index in [1.54, 1.807) is 0 Å². The molecule has 0 aliphatic heterocycles. The third kappa shape index (κ3) is 2.82. The predicted octanol–water partition coefficient (Wildman–Crippen LogP) is 1.39. The number of hydrogen-bond acceptors (Lipinski definition) is 3. The largest absolute Gasteiger partial charge is 0.350 e. The summed E-state index contributed by atoms with van der Waals surface area (Å²) >= 11 is 1.48. The van der Waals surface area contributed by atoms with Crippen molar-refractivity contribution in [1.29, 1.82) is 0 Å². The second-order valence-corrected chi connectivity index (χ2v) is 4.23. The van der Waals surface area contributed by atoms with E-state index >= 15 is 0 Å². The lowest BCUT2D eigenvalue weighted by Crippen LogP contribution is -2.35. The van der Waals surface area contributed by atoms with E-state index in [2.05, 4.69) is 5.32 Å². The number of nitrogens with two attached hydrogens (primary N) is 1. The van der Waals surface area contributed by atoms with Crippen molar-refractivity contribution >= 4 is 17.2 Å². The standard InChI is InChI=1S/C10H16N2OS/c1-3-8-4-5-14-9(8)10(13)12-6-7(2)11/h4-5,7H,3,6,11H2,1-2H3,(H,12,13). The maximum absolute atomic E-state index is 11.6. The minimum atomic E-state index is -0.00542. The van der Waals surface area contributed by atoms with Gasteiger partial charge in [-0.25, -0.2) is 0 Å². The zero-order valence-electron chi connectivity index (χ0n) is 8.54. The molecule has 1 atom stereocenters. The zero-order valence-corrected chi connectivity index (χ0v) is 9.36. The summed E-state index contributed by atoms with van der Waals surface area (Å²) in [6.45, 7) is 4.44. The summed E-state index contributed by atoms with van der Waals surface area (Å²) < 4.78 is 0. The molecule has 4 heteroatoms. The maximum atomic E-state index is 11.6. The molecule has 0 aliphatic rings. The van der Waals surface area contributed by atoms with Crippen molar-refractivity contribution in [3.8, 4) is 0 Å². The highest BCUT2D eigenvalue weighted by molar-refractivity contribution is 7.12. The Labute approximate surface area is 88.3 Å². The van der Waals surface area contributed by atoms with Gasteiger partial charge in [0.05, 0.1) is 4.88 Å². The van der Waals surface area contributed by atoms with Crippen molar-refractivity contribution in [2.75, 3.05) is 6.54 Å². The Balaban J connectivity index is 2.60. The van der Waals surface area contributed by atoms with Crippen LogP contribution in [-0.4, -0.2) is 18.5 Å². The molecule has 1 aromatic rings. The van der Waals surface area contributed by atoms with Gasteiger partial charge < -0.3 is 11.1 Å².